The molecule has 0 radical (unpaired) electrons. The van der Waals surface area contributed by atoms with E-state index in [1.807, 2.05) is 32.9 Å². The van der Waals surface area contributed by atoms with Crippen molar-refractivity contribution >= 4 is 21.4 Å². The van der Waals surface area contributed by atoms with E-state index in [1.165, 1.54) is 13.2 Å². The van der Waals surface area contributed by atoms with Crippen LogP contribution in [-0.2, 0) is 14.6 Å². The average Bonchev–Trinajstić information content (AvgIpc) is 3.06. The Balaban J connectivity index is 1.80. The molecule has 1 amide bonds. The van der Waals surface area contributed by atoms with Gasteiger partial charge in [-0.15, -0.1) is 0 Å². The Bertz CT molecular complexity index is 1160. The summed E-state index contributed by atoms with van der Waals surface area (Å²) >= 11 is 0. The molecule has 30 heavy (non-hydrogen) atoms. The molecule has 0 unspecified atom stereocenters. The van der Waals surface area contributed by atoms with E-state index < -0.39 is 9.84 Å². The number of nitrogens with zero attached hydrogens (tertiary/aromatic N) is 1. The monoisotopic (exact) mass is 428 g/mol. The Morgan fingerprint density at radius 3 is 2.40 bits per heavy atom. The number of rotatable bonds is 7. The lowest BCUT2D eigenvalue weighted by Gasteiger charge is -2.11. The second kappa shape index (κ2) is 8.71. The number of aromatic nitrogens is 1. The highest BCUT2D eigenvalue weighted by Crippen LogP contribution is 2.33. The van der Waals surface area contributed by atoms with Crippen molar-refractivity contribution in [1.82, 2.24) is 5.16 Å². The molecule has 7 nitrogen and oxygen atoms in total. The second-order valence-corrected chi connectivity index (χ2v) is 9.15. The van der Waals surface area contributed by atoms with E-state index in [-0.39, 0.29) is 28.7 Å². The van der Waals surface area contributed by atoms with Crippen LogP contribution in [0, 0.1) is 20.8 Å². The summed E-state index contributed by atoms with van der Waals surface area (Å²) in [7, 11) is -2.38. The van der Waals surface area contributed by atoms with Gasteiger partial charge in [0, 0.05) is 23.2 Å². The van der Waals surface area contributed by atoms with Gasteiger partial charge in [0.2, 0.25) is 5.91 Å². The van der Waals surface area contributed by atoms with E-state index in [1.54, 1.807) is 24.3 Å². The number of carbonyl (C=O) groups excluding carboxylic acids is 1. The molecule has 0 saturated carbocycles. The van der Waals surface area contributed by atoms with Gasteiger partial charge in [-0.3, -0.25) is 4.79 Å². The number of carbonyl (C=O) groups is 1. The fourth-order valence-electron chi connectivity index (χ4n) is 2.94. The molecule has 0 saturated heterocycles. The number of anilines is 1. The van der Waals surface area contributed by atoms with Crippen molar-refractivity contribution in [2.75, 3.05) is 18.2 Å². The number of sulfone groups is 1. The molecule has 0 aliphatic carbocycles. The predicted molar refractivity (Wildman–Crippen MR) is 114 cm³/mol. The third-order valence-corrected chi connectivity index (χ3v) is 6.58. The maximum atomic E-state index is 13.0. The summed E-state index contributed by atoms with van der Waals surface area (Å²) in [4.78, 5) is 12.2. The second-order valence-electron chi connectivity index (χ2n) is 7.07. The third kappa shape index (κ3) is 4.71. The Morgan fingerprint density at radius 2 is 1.80 bits per heavy atom. The zero-order valence-electron chi connectivity index (χ0n) is 17.4. The number of hydrogen-bond donors (Lipinski definition) is 1. The lowest BCUT2D eigenvalue weighted by atomic mass is 10.1. The van der Waals surface area contributed by atoms with E-state index in [9.17, 15) is 13.2 Å². The fraction of sp³-hybridized carbons (Fsp3) is 0.273. The first kappa shape index (κ1) is 21.6. The number of aryl methyl sites for hydroxylation is 2. The average molecular weight is 429 g/mol. The van der Waals surface area contributed by atoms with Crippen LogP contribution in [0.3, 0.4) is 0 Å². The first-order chi connectivity index (χ1) is 14.2. The number of methoxy groups -OCH3 is 1. The van der Waals surface area contributed by atoms with Crippen molar-refractivity contribution in [3.8, 4) is 17.1 Å². The van der Waals surface area contributed by atoms with E-state index in [2.05, 4.69) is 10.5 Å². The Labute approximate surface area is 176 Å². The minimum absolute atomic E-state index is 0.0130. The standard InChI is InChI=1S/C22H24N2O5S/c1-14-5-8-18(9-6-14)23-21(25)11-12-30(26,27)20-13-17(7-10-19(20)28-4)22-15(2)16(3)24-29-22/h5-10,13H,11-12H2,1-4H3,(H,23,25). The molecule has 0 aliphatic rings. The van der Waals surface area contributed by atoms with E-state index >= 15 is 0 Å². The van der Waals surface area contributed by atoms with Gasteiger partial charge >= 0.3 is 0 Å². The van der Waals surface area contributed by atoms with Crippen LogP contribution < -0.4 is 10.1 Å². The highest BCUT2D eigenvalue weighted by molar-refractivity contribution is 7.91. The molecule has 2 aromatic carbocycles. The molecule has 3 aromatic rings. The highest BCUT2D eigenvalue weighted by atomic mass is 32.2. The Morgan fingerprint density at radius 1 is 1.10 bits per heavy atom. The predicted octanol–water partition coefficient (Wildman–Crippen LogP) is 4.08. The molecular formula is C22H24N2O5S. The topological polar surface area (TPSA) is 98.5 Å². The summed E-state index contributed by atoms with van der Waals surface area (Å²) in [6, 6.07) is 12.1. The van der Waals surface area contributed by atoms with Crippen molar-refractivity contribution in [3.05, 3.63) is 59.3 Å². The summed E-state index contributed by atoms with van der Waals surface area (Å²) in [5.74, 6) is -0.00611. The largest absolute Gasteiger partial charge is 0.495 e. The van der Waals surface area contributed by atoms with Gasteiger partial charge in [-0.2, -0.15) is 0 Å². The Kier molecular flexibility index (Phi) is 6.26. The number of benzene rings is 2. The number of hydrogen-bond acceptors (Lipinski definition) is 6. The third-order valence-electron chi connectivity index (χ3n) is 4.85. The molecule has 0 aliphatic heterocycles. The lowest BCUT2D eigenvalue weighted by Crippen LogP contribution is -2.18. The van der Waals surface area contributed by atoms with Crippen molar-refractivity contribution in [2.45, 2.75) is 32.1 Å². The normalized spacial score (nSPS) is 11.3. The Hall–Kier alpha value is -3.13. The molecule has 1 aromatic heterocycles. The summed E-state index contributed by atoms with van der Waals surface area (Å²) in [6.45, 7) is 5.62. The zero-order valence-corrected chi connectivity index (χ0v) is 18.2. The molecule has 0 bridgehead atoms. The van der Waals surface area contributed by atoms with Gasteiger partial charge in [0.1, 0.15) is 10.6 Å². The maximum Gasteiger partial charge on any atom is 0.225 e. The minimum atomic E-state index is -3.78. The fourth-order valence-corrected chi connectivity index (χ4v) is 4.38. The molecule has 1 heterocycles. The quantitative estimate of drug-likeness (QED) is 0.609. The van der Waals surface area contributed by atoms with Crippen LogP contribution in [0.5, 0.6) is 5.75 Å². The van der Waals surface area contributed by atoms with Crippen LogP contribution in [0.15, 0.2) is 51.9 Å². The smallest absolute Gasteiger partial charge is 0.225 e. The van der Waals surface area contributed by atoms with Gasteiger partial charge in [0.15, 0.2) is 15.6 Å². The molecule has 0 atom stereocenters. The summed E-state index contributed by atoms with van der Waals surface area (Å²) in [5.41, 5.74) is 3.84. The molecule has 8 heteroatoms. The molecule has 3 rings (SSSR count). The van der Waals surface area contributed by atoms with Crippen LogP contribution in [0.25, 0.3) is 11.3 Å². The van der Waals surface area contributed by atoms with Crippen LogP contribution in [0.2, 0.25) is 0 Å². The number of amides is 1. The van der Waals surface area contributed by atoms with Gasteiger partial charge in [-0.1, -0.05) is 22.9 Å². The van der Waals surface area contributed by atoms with Gasteiger partial charge in [0.05, 0.1) is 18.6 Å². The molecule has 158 valence electrons. The summed E-state index contributed by atoms with van der Waals surface area (Å²) in [5, 5.41) is 6.63. The van der Waals surface area contributed by atoms with Crippen molar-refractivity contribution in [1.29, 1.82) is 0 Å². The summed E-state index contributed by atoms with van der Waals surface area (Å²) in [6.07, 6.45) is -0.177. The molecule has 0 spiro atoms. The SMILES string of the molecule is COc1ccc(-c2onc(C)c2C)cc1S(=O)(=O)CCC(=O)Nc1ccc(C)cc1. The van der Waals surface area contributed by atoms with Crippen LogP contribution in [0.1, 0.15) is 23.2 Å². The van der Waals surface area contributed by atoms with Crippen molar-refractivity contribution in [3.63, 3.8) is 0 Å². The first-order valence-electron chi connectivity index (χ1n) is 9.42. The lowest BCUT2D eigenvalue weighted by molar-refractivity contribution is -0.115. The highest BCUT2D eigenvalue weighted by Gasteiger charge is 2.23. The van der Waals surface area contributed by atoms with Gasteiger partial charge < -0.3 is 14.6 Å². The maximum absolute atomic E-state index is 13.0. The molecule has 1 N–H and O–H groups in total. The van der Waals surface area contributed by atoms with E-state index in [0.29, 0.717) is 17.0 Å². The minimum Gasteiger partial charge on any atom is -0.495 e. The zero-order chi connectivity index (χ0) is 21.9. The molecule has 0 fully saturated rings. The van der Waals surface area contributed by atoms with Crippen LogP contribution >= 0.6 is 0 Å². The molecular weight excluding hydrogens is 404 g/mol. The first-order valence-corrected chi connectivity index (χ1v) is 11.1. The number of ether oxygens (including phenoxy) is 1. The van der Waals surface area contributed by atoms with Gasteiger partial charge in [-0.05, 0) is 51.1 Å². The van der Waals surface area contributed by atoms with Crippen LogP contribution in [0.4, 0.5) is 5.69 Å². The summed E-state index contributed by atoms with van der Waals surface area (Å²) < 4.78 is 36.6. The van der Waals surface area contributed by atoms with Gasteiger partial charge in [-0.25, -0.2) is 8.42 Å². The van der Waals surface area contributed by atoms with Gasteiger partial charge in [0.25, 0.3) is 0 Å². The number of nitrogens with one attached hydrogen (secondary N) is 1. The van der Waals surface area contributed by atoms with E-state index in [0.717, 1.165) is 16.8 Å². The van der Waals surface area contributed by atoms with Crippen molar-refractivity contribution < 1.29 is 22.5 Å². The van der Waals surface area contributed by atoms with Crippen LogP contribution in [-0.4, -0.2) is 32.3 Å². The van der Waals surface area contributed by atoms with E-state index in [4.69, 9.17) is 9.26 Å². The van der Waals surface area contributed by atoms with Crippen molar-refractivity contribution in [2.24, 2.45) is 0 Å².